The Morgan fingerprint density at radius 1 is 1.15 bits per heavy atom. The van der Waals surface area contributed by atoms with Crippen molar-refractivity contribution in [2.24, 2.45) is 5.92 Å². The number of carbonyl (C=O) groups excluding carboxylic acids is 1. The van der Waals surface area contributed by atoms with Gasteiger partial charge >= 0.3 is 0 Å². The Balaban J connectivity index is 0.00000169. The lowest BCUT2D eigenvalue weighted by Gasteiger charge is -2.22. The molecule has 0 unspecified atom stereocenters. The number of benzene rings is 1. The fourth-order valence-electron chi connectivity index (χ4n) is 2.83. The van der Waals surface area contributed by atoms with E-state index in [0.29, 0.717) is 11.6 Å². The van der Waals surface area contributed by atoms with E-state index in [9.17, 15) is 4.79 Å². The third-order valence-corrected chi connectivity index (χ3v) is 4.50. The second-order valence-corrected chi connectivity index (χ2v) is 6.17. The van der Waals surface area contributed by atoms with Gasteiger partial charge in [-0.3, -0.25) is 4.79 Å². The van der Waals surface area contributed by atoms with Crippen molar-refractivity contribution in [1.82, 2.24) is 10.3 Å². The Kier molecular flexibility index (Phi) is 8.85. The minimum atomic E-state index is 0. The van der Waals surface area contributed by atoms with Crippen molar-refractivity contribution < 1.29 is 9.53 Å². The van der Waals surface area contributed by atoms with Crippen LogP contribution < -0.4 is 15.4 Å². The smallest absolute Gasteiger partial charge is 0.243 e. The number of nitrogens with zero attached hydrogens (tertiary/aromatic N) is 1. The summed E-state index contributed by atoms with van der Waals surface area (Å²) >= 11 is 0. The van der Waals surface area contributed by atoms with Gasteiger partial charge in [0.25, 0.3) is 0 Å². The number of amides is 1. The zero-order valence-electron chi connectivity index (χ0n) is 15.0. The molecule has 1 saturated heterocycles. The van der Waals surface area contributed by atoms with Crippen molar-refractivity contribution in [3.05, 3.63) is 47.7 Å². The van der Waals surface area contributed by atoms with Crippen LogP contribution in [-0.4, -0.2) is 24.0 Å². The quantitative estimate of drug-likeness (QED) is 0.808. The molecule has 0 atom stereocenters. The fraction of sp³-hybridized carbons (Fsp3) is 0.368. The number of aryl methyl sites for hydroxylation is 1. The van der Waals surface area contributed by atoms with Crippen LogP contribution in [0.1, 0.15) is 24.0 Å². The number of hydrogen-bond acceptors (Lipinski definition) is 4. The van der Waals surface area contributed by atoms with Gasteiger partial charge in [0.05, 0.1) is 0 Å². The van der Waals surface area contributed by atoms with E-state index in [1.54, 1.807) is 12.3 Å². The number of anilines is 1. The summed E-state index contributed by atoms with van der Waals surface area (Å²) in [5.74, 6) is 1.26. The molecule has 1 aliphatic rings. The van der Waals surface area contributed by atoms with Crippen molar-refractivity contribution in [2.45, 2.75) is 26.7 Å². The van der Waals surface area contributed by atoms with Gasteiger partial charge in [-0.25, -0.2) is 4.98 Å². The van der Waals surface area contributed by atoms with E-state index in [2.05, 4.69) is 15.6 Å². The highest BCUT2D eigenvalue weighted by molar-refractivity contribution is 5.93. The van der Waals surface area contributed by atoms with Gasteiger partial charge in [0, 0.05) is 12.1 Å². The summed E-state index contributed by atoms with van der Waals surface area (Å²) in [5.41, 5.74) is 2.84. The Hall–Kier alpha value is -1.82. The molecule has 0 aliphatic carbocycles. The number of pyridine rings is 1. The summed E-state index contributed by atoms with van der Waals surface area (Å²) in [6.45, 7) is 5.83. The average Bonchev–Trinajstić information content (AvgIpc) is 2.61. The molecule has 7 heteroatoms. The lowest BCUT2D eigenvalue weighted by molar-refractivity contribution is -0.120. The number of piperidine rings is 1. The van der Waals surface area contributed by atoms with Gasteiger partial charge in [0.2, 0.25) is 11.8 Å². The number of hydrogen-bond donors (Lipinski definition) is 2. The molecule has 1 fully saturated rings. The highest BCUT2D eigenvalue weighted by Gasteiger charge is 2.22. The largest absolute Gasteiger partial charge is 0.437 e. The van der Waals surface area contributed by atoms with E-state index in [1.165, 1.54) is 0 Å². The molecule has 3 rings (SSSR count). The first kappa shape index (κ1) is 22.2. The van der Waals surface area contributed by atoms with Gasteiger partial charge < -0.3 is 15.4 Å². The molecule has 0 bridgehead atoms. The van der Waals surface area contributed by atoms with Crippen molar-refractivity contribution in [2.75, 3.05) is 18.4 Å². The summed E-state index contributed by atoms with van der Waals surface area (Å²) in [6, 6.07) is 9.53. The molecule has 1 aromatic heterocycles. The van der Waals surface area contributed by atoms with E-state index < -0.39 is 0 Å². The summed E-state index contributed by atoms with van der Waals surface area (Å²) in [4.78, 5) is 16.8. The van der Waals surface area contributed by atoms with Gasteiger partial charge in [0.1, 0.15) is 11.4 Å². The monoisotopic (exact) mass is 397 g/mol. The summed E-state index contributed by atoms with van der Waals surface area (Å²) in [7, 11) is 0. The van der Waals surface area contributed by atoms with E-state index >= 15 is 0 Å². The van der Waals surface area contributed by atoms with E-state index in [4.69, 9.17) is 4.74 Å². The van der Waals surface area contributed by atoms with Crippen LogP contribution in [0.5, 0.6) is 11.6 Å². The van der Waals surface area contributed by atoms with Gasteiger partial charge in [-0.15, -0.1) is 24.8 Å². The normalized spacial score (nSPS) is 13.9. The zero-order valence-corrected chi connectivity index (χ0v) is 16.6. The fourth-order valence-corrected chi connectivity index (χ4v) is 2.83. The Morgan fingerprint density at radius 3 is 2.62 bits per heavy atom. The maximum atomic E-state index is 12.5. The molecule has 2 heterocycles. The number of nitrogens with one attached hydrogen (secondary N) is 2. The zero-order chi connectivity index (χ0) is 16.9. The van der Waals surface area contributed by atoms with Crippen LogP contribution in [-0.2, 0) is 4.79 Å². The van der Waals surface area contributed by atoms with Gasteiger partial charge in [-0.2, -0.15) is 0 Å². The molecule has 0 spiro atoms. The summed E-state index contributed by atoms with van der Waals surface area (Å²) < 4.78 is 5.97. The van der Waals surface area contributed by atoms with E-state index in [-0.39, 0.29) is 36.6 Å². The molecule has 1 amide bonds. The number of carbonyl (C=O) groups is 1. The molecule has 1 aromatic carbocycles. The van der Waals surface area contributed by atoms with Crippen LogP contribution in [0.3, 0.4) is 0 Å². The summed E-state index contributed by atoms with van der Waals surface area (Å²) in [5, 5.41) is 6.25. The molecule has 2 aromatic rings. The first-order chi connectivity index (χ1) is 11.6. The van der Waals surface area contributed by atoms with Crippen molar-refractivity contribution >= 4 is 36.4 Å². The molecular formula is C19H25Cl2N3O2. The molecule has 26 heavy (non-hydrogen) atoms. The van der Waals surface area contributed by atoms with E-state index in [0.717, 1.165) is 42.8 Å². The van der Waals surface area contributed by atoms with Crippen LogP contribution in [0, 0.1) is 19.8 Å². The van der Waals surface area contributed by atoms with E-state index in [1.807, 2.05) is 38.1 Å². The molecule has 2 N–H and O–H groups in total. The lowest BCUT2D eigenvalue weighted by atomic mass is 9.97. The van der Waals surface area contributed by atoms with Gasteiger partial charge in [-0.05, 0) is 69.1 Å². The SMILES string of the molecule is Cc1cccc(Oc2ncccc2NC(=O)C2CCNCC2)c1C.Cl.Cl. The second-order valence-electron chi connectivity index (χ2n) is 6.17. The molecule has 0 saturated carbocycles. The molecule has 5 nitrogen and oxygen atoms in total. The third kappa shape index (κ3) is 5.34. The highest BCUT2D eigenvalue weighted by Crippen LogP contribution is 2.30. The lowest BCUT2D eigenvalue weighted by Crippen LogP contribution is -2.34. The maximum Gasteiger partial charge on any atom is 0.243 e. The highest BCUT2D eigenvalue weighted by atomic mass is 35.5. The molecule has 1 aliphatic heterocycles. The number of ether oxygens (including phenoxy) is 1. The van der Waals surface area contributed by atoms with Crippen LogP contribution in [0.25, 0.3) is 0 Å². The Bertz CT molecular complexity index is 734. The first-order valence-corrected chi connectivity index (χ1v) is 8.36. The maximum absolute atomic E-state index is 12.5. The second kappa shape index (κ2) is 10.4. The van der Waals surface area contributed by atoms with Crippen molar-refractivity contribution in [3.8, 4) is 11.6 Å². The van der Waals surface area contributed by atoms with Crippen molar-refractivity contribution in [3.63, 3.8) is 0 Å². The number of rotatable bonds is 4. The minimum absolute atomic E-state index is 0. The predicted octanol–water partition coefficient (Wildman–Crippen LogP) is 4.27. The van der Waals surface area contributed by atoms with Gasteiger partial charge in [0.15, 0.2) is 0 Å². The molecule has 0 radical (unpaired) electrons. The van der Waals surface area contributed by atoms with Crippen LogP contribution in [0.15, 0.2) is 36.5 Å². The van der Waals surface area contributed by atoms with Crippen LogP contribution >= 0.6 is 24.8 Å². The third-order valence-electron chi connectivity index (χ3n) is 4.50. The topological polar surface area (TPSA) is 63.2 Å². The van der Waals surface area contributed by atoms with Crippen LogP contribution in [0.4, 0.5) is 5.69 Å². The molecule has 142 valence electrons. The number of halogens is 2. The Labute approximate surface area is 166 Å². The standard InChI is InChI=1S/C19H23N3O2.2ClH/c1-13-5-3-7-17(14(13)2)24-19-16(6-4-10-21-19)22-18(23)15-8-11-20-12-9-15;;/h3-7,10,15,20H,8-9,11-12H2,1-2H3,(H,22,23);2*1H. The minimum Gasteiger partial charge on any atom is -0.437 e. The van der Waals surface area contributed by atoms with Crippen LogP contribution in [0.2, 0.25) is 0 Å². The summed E-state index contributed by atoms with van der Waals surface area (Å²) in [6.07, 6.45) is 3.39. The van der Waals surface area contributed by atoms with Crippen molar-refractivity contribution in [1.29, 1.82) is 0 Å². The first-order valence-electron chi connectivity index (χ1n) is 8.36. The molecular weight excluding hydrogens is 373 g/mol. The average molecular weight is 398 g/mol. The predicted molar refractivity (Wildman–Crippen MR) is 109 cm³/mol. The Morgan fingerprint density at radius 2 is 1.88 bits per heavy atom. The van der Waals surface area contributed by atoms with Gasteiger partial charge in [-0.1, -0.05) is 12.1 Å². The number of aromatic nitrogens is 1.